The van der Waals surface area contributed by atoms with E-state index in [1.165, 1.54) is 43.5 Å². The number of benzene rings is 8. The first-order valence-electron chi connectivity index (χ1n) is 21.7. The average molecular weight is 832 g/mol. The zero-order chi connectivity index (χ0) is 42.5. The molecule has 0 radical (unpaired) electrons. The third kappa shape index (κ3) is 5.47. The van der Waals surface area contributed by atoms with Crippen LogP contribution in [0.2, 0.25) is 0 Å². The Bertz CT molecular complexity index is 3500. The molecule has 8 aromatic carbocycles. The minimum Gasteiger partial charge on any atom is -0.278 e. The van der Waals surface area contributed by atoms with E-state index in [0.29, 0.717) is 23.0 Å². The molecule has 0 atom stereocenters. The van der Waals surface area contributed by atoms with Crippen molar-refractivity contribution in [2.45, 2.75) is 29.4 Å². The van der Waals surface area contributed by atoms with Crippen molar-refractivity contribution >= 4 is 53.6 Å². The Hall–Kier alpha value is -7.28. The van der Waals surface area contributed by atoms with Crippen LogP contribution in [0.3, 0.4) is 0 Å². The minimum atomic E-state index is -1.04. The summed E-state index contributed by atoms with van der Waals surface area (Å²) in [5, 5.41) is 5.24. The lowest BCUT2D eigenvalue weighted by Gasteiger charge is -2.36. The van der Waals surface area contributed by atoms with Crippen molar-refractivity contribution in [3.63, 3.8) is 0 Å². The van der Waals surface area contributed by atoms with Gasteiger partial charge >= 0.3 is 0 Å². The maximum absolute atomic E-state index is 5.50. The molecule has 304 valence electrons. The van der Waals surface area contributed by atoms with Gasteiger partial charge in [0.2, 0.25) is 11.9 Å². The lowest BCUT2D eigenvalue weighted by Crippen LogP contribution is -2.28. The Morgan fingerprint density at radius 3 is 1.48 bits per heavy atom. The number of nitrogens with zero attached hydrogens (tertiary/aromatic N) is 5. The third-order valence-corrected chi connectivity index (χ3v) is 17.6. The summed E-state index contributed by atoms with van der Waals surface area (Å²) in [7, 11) is -1.04. The van der Waals surface area contributed by atoms with Gasteiger partial charge in [0.05, 0.1) is 27.5 Å². The molecule has 1 aliphatic carbocycles. The van der Waals surface area contributed by atoms with Crippen LogP contribution in [0.1, 0.15) is 36.1 Å². The molecule has 0 saturated heterocycles. The van der Waals surface area contributed by atoms with E-state index in [4.69, 9.17) is 15.0 Å². The highest BCUT2D eigenvalue weighted by atomic mass is 32.3. The van der Waals surface area contributed by atoms with Crippen LogP contribution < -0.4 is 0 Å². The van der Waals surface area contributed by atoms with Gasteiger partial charge in [-0.1, -0.05) is 166 Å². The number of hydrogen-bond donors (Lipinski definition) is 0. The van der Waals surface area contributed by atoms with Gasteiger partial charge in [0.1, 0.15) is 0 Å². The van der Waals surface area contributed by atoms with Gasteiger partial charge < -0.3 is 0 Å². The molecule has 12 rings (SSSR count). The molecule has 5 nitrogen and oxygen atoms in total. The molecule has 3 aromatic heterocycles. The fourth-order valence-corrected chi connectivity index (χ4v) is 11.6. The summed E-state index contributed by atoms with van der Waals surface area (Å²) in [6.07, 6.45) is 4.85. The van der Waals surface area contributed by atoms with Crippen molar-refractivity contribution < 1.29 is 0 Å². The van der Waals surface area contributed by atoms with Gasteiger partial charge in [-0.25, -0.2) is 10.0 Å². The molecule has 0 fully saturated rings. The summed E-state index contributed by atoms with van der Waals surface area (Å²) in [5.41, 5.74) is 12.0. The first-order chi connectivity index (χ1) is 30.8. The minimum absolute atomic E-state index is 0.547. The summed E-state index contributed by atoms with van der Waals surface area (Å²) < 4.78 is 4.45. The van der Waals surface area contributed by atoms with E-state index in [1.807, 2.05) is 0 Å². The Morgan fingerprint density at radius 2 is 0.905 bits per heavy atom. The molecule has 1 aliphatic rings. The van der Waals surface area contributed by atoms with Crippen LogP contribution in [0, 0.1) is 0 Å². The first-order valence-corrected chi connectivity index (χ1v) is 24.2. The lowest BCUT2D eigenvalue weighted by molar-refractivity contribution is 0.768. The molecule has 0 saturated carbocycles. The highest BCUT2D eigenvalue weighted by Crippen LogP contribution is 2.57. The number of aromatic nitrogens is 5. The van der Waals surface area contributed by atoms with Crippen LogP contribution in [0.15, 0.2) is 199 Å². The van der Waals surface area contributed by atoms with Gasteiger partial charge in [-0.2, -0.15) is 15.0 Å². The van der Waals surface area contributed by atoms with Gasteiger partial charge in [0, 0.05) is 27.1 Å². The van der Waals surface area contributed by atoms with Crippen molar-refractivity contribution in [1.82, 2.24) is 24.1 Å². The SMILES string of the molecule is CC(C)S(C)(C)c1ccc2c(c1)c1ccccc1n2-c1nc(-c2cccc(C3(c4ccccc4)c4ccccc4-c4ccccc43)c2)nc(-n2c3ccccc3c3ccccc32)n1. The lowest BCUT2D eigenvalue weighted by atomic mass is 9.67. The van der Waals surface area contributed by atoms with E-state index < -0.39 is 15.4 Å². The van der Waals surface area contributed by atoms with Crippen LogP contribution in [-0.4, -0.2) is 41.8 Å². The van der Waals surface area contributed by atoms with Crippen LogP contribution in [0.4, 0.5) is 0 Å². The zero-order valence-electron chi connectivity index (χ0n) is 35.7. The van der Waals surface area contributed by atoms with Gasteiger partial charge in [-0.05, 0) is 98.5 Å². The van der Waals surface area contributed by atoms with Gasteiger partial charge in [0.15, 0.2) is 5.82 Å². The molecule has 11 aromatic rings. The van der Waals surface area contributed by atoms with E-state index >= 15 is 0 Å². The van der Waals surface area contributed by atoms with E-state index in [2.05, 4.69) is 230 Å². The molecule has 63 heavy (non-hydrogen) atoms. The van der Waals surface area contributed by atoms with E-state index in [1.54, 1.807) is 0 Å². The van der Waals surface area contributed by atoms with E-state index in [9.17, 15) is 0 Å². The maximum atomic E-state index is 5.50. The maximum Gasteiger partial charge on any atom is 0.240 e. The molecule has 0 bridgehead atoms. The zero-order valence-corrected chi connectivity index (χ0v) is 36.5. The summed E-state index contributed by atoms with van der Waals surface area (Å²) in [6.45, 7) is 4.68. The summed E-state index contributed by atoms with van der Waals surface area (Å²) in [5.74, 6) is 1.75. The molecule has 0 spiro atoms. The van der Waals surface area contributed by atoms with Crippen LogP contribution in [0.5, 0.6) is 0 Å². The van der Waals surface area contributed by atoms with Crippen LogP contribution in [-0.2, 0) is 5.41 Å². The van der Waals surface area contributed by atoms with Gasteiger partial charge in [-0.3, -0.25) is 9.13 Å². The monoisotopic (exact) mass is 831 g/mol. The second-order valence-electron chi connectivity index (χ2n) is 17.4. The number of rotatable bonds is 7. The van der Waals surface area contributed by atoms with Crippen molar-refractivity contribution in [3.8, 4) is 34.4 Å². The normalized spacial score (nSPS) is 13.6. The highest BCUT2D eigenvalue weighted by Gasteiger charge is 2.46. The quantitative estimate of drug-likeness (QED) is 0.161. The van der Waals surface area contributed by atoms with E-state index in [0.717, 1.165) is 44.0 Å². The first kappa shape index (κ1) is 37.5. The summed E-state index contributed by atoms with van der Waals surface area (Å²) in [6, 6.07) is 70.4. The molecule has 0 N–H and O–H groups in total. The standard InChI is InChI=1S/C57H45N5S/c1-37(2)63(3,4)41-33-34-53-47(36-41)46-27-12-17-32-52(46)62(53)56-59-54(58-55(60-56)61-50-30-15-10-25-44(50)45-26-11-16-31-51(45)61)38-19-18-22-40(35-38)57(39-20-6-5-7-21-39)48-28-13-8-23-42(48)43-24-9-14-29-49(43)57/h5-37H,1-4H3. The highest BCUT2D eigenvalue weighted by molar-refractivity contribution is 8.33. The number of hydrogen-bond acceptors (Lipinski definition) is 3. The second kappa shape index (κ2) is 14.1. The van der Waals surface area contributed by atoms with Crippen molar-refractivity contribution in [3.05, 3.63) is 216 Å². The van der Waals surface area contributed by atoms with Gasteiger partial charge in [0.25, 0.3) is 0 Å². The molecular formula is C57H45N5S. The van der Waals surface area contributed by atoms with Gasteiger partial charge in [-0.15, -0.1) is 0 Å². The van der Waals surface area contributed by atoms with Crippen LogP contribution in [0.25, 0.3) is 78.0 Å². The Labute approximate surface area is 368 Å². The van der Waals surface area contributed by atoms with Crippen molar-refractivity contribution in [2.24, 2.45) is 0 Å². The topological polar surface area (TPSA) is 48.5 Å². The smallest absolute Gasteiger partial charge is 0.240 e. The predicted octanol–water partition coefficient (Wildman–Crippen LogP) is 13.9. The fraction of sp³-hybridized carbons (Fsp3) is 0.105. The second-order valence-corrected chi connectivity index (χ2v) is 21.6. The third-order valence-electron chi connectivity index (χ3n) is 13.7. The van der Waals surface area contributed by atoms with Crippen LogP contribution >= 0.6 is 10.0 Å². The van der Waals surface area contributed by atoms with Crippen molar-refractivity contribution in [2.75, 3.05) is 12.5 Å². The molecule has 0 amide bonds. The number of fused-ring (bicyclic) bond motifs is 9. The fourth-order valence-electron chi connectivity index (χ4n) is 10.2. The Balaban J connectivity index is 1.15. The van der Waals surface area contributed by atoms with E-state index in [-0.39, 0.29) is 0 Å². The largest absolute Gasteiger partial charge is 0.278 e. The van der Waals surface area contributed by atoms with Crippen molar-refractivity contribution in [1.29, 1.82) is 0 Å². The summed E-state index contributed by atoms with van der Waals surface area (Å²) >= 11 is 0. The predicted molar refractivity (Wildman–Crippen MR) is 264 cm³/mol. The Kier molecular flexibility index (Phi) is 8.41. The Morgan fingerprint density at radius 1 is 0.429 bits per heavy atom. The molecule has 6 heteroatoms. The number of para-hydroxylation sites is 3. The molecular weight excluding hydrogens is 787 g/mol. The summed E-state index contributed by atoms with van der Waals surface area (Å²) in [4.78, 5) is 17.8. The average Bonchev–Trinajstić information content (AvgIpc) is 3.96. The molecule has 0 aliphatic heterocycles. The molecule has 0 unspecified atom stereocenters. The molecule has 3 heterocycles.